The molecular weight excluding hydrogens is 526 g/mol. The van der Waals surface area contributed by atoms with Gasteiger partial charge >= 0.3 is 0 Å². The van der Waals surface area contributed by atoms with Gasteiger partial charge < -0.3 is 20.6 Å². The van der Waals surface area contributed by atoms with Gasteiger partial charge in [0.1, 0.15) is 11.6 Å². The minimum atomic E-state index is 0.349. The van der Waals surface area contributed by atoms with Crippen LogP contribution in [0.2, 0.25) is 0 Å². The number of aromatic nitrogens is 4. The lowest BCUT2D eigenvalue weighted by molar-refractivity contribution is 0.281. The minimum Gasteiger partial charge on any atom is -0.341 e. The molecule has 0 saturated carbocycles. The van der Waals surface area contributed by atoms with Crippen LogP contribution >= 0.6 is 11.3 Å². The number of benzene rings is 2. The summed E-state index contributed by atoms with van der Waals surface area (Å²) in [6.07, 6.45) is 9.22. The second kappa shape index (κ2) is 9.36. The molecule has 9 rings (SSSR count). The van der Waals surface area contributed by atoms with E-state index in [2.05, 4.69) is 75.0 Å². The van der Waals surface area contributed by atoms with Crippen molar-refractivity contribution in [2.24, 2.45) is 0 Å². The van der Waals surface area contributed by atoms with E-state index < -0.39 is 0 Å². The number of thiophene rings is 1. The number of rotatable bonds is 5. The molecule has 0 spiro atoms. The summed E-state index contributed by atoms with van der Waals surface area (Å²) in [5.41, 5.74) is 10.4. The summed E-state index contributed by atoms with van der Waals surface area (Å²) in [6.45, 7) is 2.16. The molecule has 2 aromatic carbocycles. The average Bonchev–Trinajstić information content (AvgIpc) is 3.83. The Bertz CT molecular complexity index is 1770. The van der Waals surface area contributed by atoms with Crippen LogP contribution in [0, 0.1) is 0 Å². The fraction of sp³-hybridized carbons (Fsp3) is 0.394. The molecule has 3 aromatic heterocycles. The van der Waals surface area contributed by atoms with Gasteiger partial charge in [-0.1, -0.05) is 18.2 Å². The molecule has 2 unspecified atom stereocenters. The summed E-state index contributed by atoms with van der Waals surface area (Å²) >= 11 is 1.88. The lowest BCUT2D eigenvalue weighted by atomic mass is 9.83. The highest BCUT2D eigenvalue weighted by atomic mass is 32.1. The molecule has 3 fully saturated rings. The standard InChI is InChI=1S/C33H35N7S/c1-40-26-10-11-27(40)31-20(28-12-13-29(41-28)25-17-36-32(39-25)22-4-2-14-34-22)8-7-19(30(26)31)18-6-9-21-24(16-18)38-33(37-21)23-5-3-15-35-23/h6-9,12-13,16-17,22-23,26-27,34-35H,2-5,10-11,14-15H2,1H3,(H,36,39)(H,37,38)/t22-,23-,26?,27?/m0/s1. The van der Waals surface area contributed by atoms with E-state index in [4.69, 9.17) is 9.97 Å². The van der Waals surface area contributed by atoms with Crippen molar-refractivity contribution in [2.45, 2.75) is 62.7 Å². The van der Waals surface area contributed by atoms with Crippen LogP contribution in [-0.2, 0) is 0 Å². The zero-order valence-corrected chi connectivity index (χ0v) is 24.2. The van der Waals surface area contributed by atoms with Gasteiger partial charge in [-0.25, -0.2) is 9.97 Å². The fourth-order valence-electron chi connectivity index (χ4n) is 7.92. The summed E-state index contributed by atoms with van der Waals surface area (Å²) in [6, 6.07) is 17.8. The molecular formula is C33H35N7S. The van der Waals surface area contributed by atoms with Gasteiger partial charge in [-0.3, -0.25) is 4.90 Å². The predicted molar refractivity (Wildman–Crippen MR) is 165 cm³/mol. The van der Waals surface area contributed by atoms with Gasteiger partial charge in [0.15, 0.2) is 0 Å². The molecule has 2 bridgehead atoms. The first kappa shape index (κ1) is 24.3. The van der Waals surface area contributed by atoms with E-state index in [-0.39, 0.29) is 0 Å². The van der Waals surface area contributed by atoms with Gasteiger partial charge in [0.2, 0.25) is 0 Å². The van der Waals surface area contributed by atoms with Crippen LogP contribution in [0.3, 0.4) is 0 Å². The molecule has 4 atom stereocenters. The summed E-state index contributed by atoms with van der Waals surface area (Å²) in [5.74, 6) is 2.14. The molecule has 0 radical (unpaired) electrons. The van der Waals surface area contributed by atoms with E-state index in [1.54, 1.807) is 0 Å². The molecule has 41 heavy (non-hydrogen) atoms. The summed E-state index contributed by atoms with van der Waals surface area (Å²) in [5, 5.41) is 7.13. The van der Waals surface area contributed by atoms with Crippen molar-refractivity contribution in [1.82, 2.24) is 35.5 Å². The normalized spacial score (nSPS) is 25.6. The highest BCUT2D eigenvalue weighted by Gasteiger charge is 2.44. The van der Waals surface area contributed by atoms with Crippen molar-refractivity contribution in [3.8, 4) is 32.1 Å². The molecule has 5 aromatic rings. The van der Waals surface area contributed by atoms with E-state index in [0.29, 0.717) is 24.2 Å². The van der Waals surface area contributed by atoms with E-state index in [1.807, 2.05) is 17.5 Å². The van der Waals surface area contributed by atoms with Crippen molar-refractivity contribution in [1.29, 1.82) is 0 Å². The molecule has 4 aliphatic rings. The Morgan fingerprint density at radius 3 is 2.29 bits per heavy atom. The molecule has 4 aliphatic heterocycles. The number of imidazole rings is 2. The van der Waals surface area contributed by atoms with Gasteiger partial charge in [-0.15, -0.1) is 11.3 Å². The minimum absolute atomic E-state index is 0.349. The van der Waals surface area contributed by atoms with Gasteiger partial charge in [-0.05, 0) is 111 Å². The number of nitrogens with zero attached hydrogens (tertiary/aromatic N) is 3. The highest BCUT2D eigenvalue weighted by Crippen LogP contribution is 2.58. The molecule has 3 saturated heterocycles. The van der Waals surface area contributed by atoms with Crippen molar-refractivity contribution >= 4 is 22.4 Å². The van der Waals surface area contributed by atoms with Crippen LogP contribution in [0.25, 0.3) is 43.2 Å². The highest BCUT2D eigenvalue weighted by molar-refractivity contribution is 7.18. The van der Waals surface area contributed by atoms with E-state index in [1.165, 1.54) is 63.3 Å². The van der Waals surface area contributed by atoms with Crippen LogP contribution < -0.4 is 10.6 Å². The number of hydrogen-bond donors (Lipinski definition) is 4. The maximum absolute atomic E-state index is 4.92. The first-order valence-electron chi connectivity index (χ1n) is 15.2. The monoisotopic (exact) mass is 561 g/mol. The van der Waals surface area contributed by atoms with E-state index in [0.717, 1.165) is 54.3 Å². The first-order valence-corrected chi connectivity index (χ1v) is 16.0. The molecule has 7 heterocycles. The predicted octanol–water partition coefficient (Wildman–Crippen LogP) is 7.02. The number of H-pyrrole nitrogens is 2. The lowest BCUT2D eigenvalue weighted by Crippen LogP contribution is -2.14. The van der Waals surface area contributed by atoms with Gasteiger partial charge in [0.25, 0.3) is 0 Å². The molecule has 208 valence electrons. The Morgan fingerprint density at radius 1 is 0.780 bits per heavy atom. The smallest absolute Gasteiger partial charge is 0.124 e. The van der Waals surface area contributed by atoms with Gasteiger partial charge in [0, 0.05) is 17.0 Å². The SMILES string of the molecule is CN1C2CCC1c1c(-c3ccc(-c4cnc([C@@H]5CCCN5)[nH]4)s3)ccc(-c3ccc4nc([C@@H]5CCCN5)[nH]c4c3)c12. The molecule has 8 heteroatoms. The van der Waals surface area contributed by atoms with Crippen molar-refractivity contribution in [3.63, 3.8) is 0 Å². The van der Waals surface area contributed by atoms with Crippen molar-refractivity contribution < 1.29 is 0 Å². The Hall–Kier alpha value is -3.30. The summed E-state index contributed by atoms with van der Waals surface area (Å²) < 4.78 is 0. The Morgan fingerprint density at radius 2 is 1.51 bits per heavy atom. The zero-order chi connectivity index (χ0) is 27.1. The number of fused-ring (bicyclic) bond motifs is 6. The van der Waals surface area contributed by atoms with E-state index in [9.17, 15) is 0 Å². The number of hydrogen-bond acceptors (Lipinski definition) is 6. The van der Waals surface area contributed by atoms with Crippen LogP contribution in [0.5, 0.6) is 0 Å². The Labute approximate surface area is 243 Å². The second-order valence-corrected chi connectivity index (χ2v) is 13.3. The maximum Gasteiger partial charge on any atom is 0.124 e. The third-order valence-electron chi connectivity index (χ3n) is 9.97. The number of nitrogens with one attached hydrogen (secondary N) is 4. The second-order valence-electron chi connectivity index (χ2n) is 12.3. The average molecular weight is 562 g/mol. The van der Waals surface area contributed by atoms with Gasteiger partial charge in [0.05, 0.1) is 39.9 Å². The molecule has 0 amide bonds. The third-order valence-corrected chi connectivity index (χ3v) is 11.1. The lowest BCUT2D eigenvalue weighted by Gasteiger charge is -2.21. The van der Waals surface area contributed by atoms with E-state index >= 15 is 0 Å². The van der Waals surface area contributed by atoms with Crippen LogP contribution in [-0.4, -0.2) is 45.0 Å². The molecule has 7 nitrogen and oxygen atoms in total. The summed E-state index contributed by atoms with van der Waals surface area (Å²) in [4.78, 5) is 22.1. The summed E-state index contributed by atoms with van der Waals surface area (Å²) in [7, 11) is 2.32. The zero-order valence-electron chi connectivity index (χ0n) is 23.3. The quantitative estimate of drug-likeness (QED) is 0.185. The van der Waals surface area contributed by atoms with Crippen LogP contribution in [0.15, 0.2) is 48.7 Å². The van der Waals surface area contributed by atoms with Gasteiger partial charge in [-0.2, -0.15) is 0 Å². The topological polar surface area (TPSA) is 84.7 Å². The van der Waals surface area contributed by atoms with Crippen molar-refractivity contribution in [3.05, 3.63) is 71.4 Å². The van der Waals surface area contributed by atoms with Crippen LogP contribution in [0.1, 0.15) is 85.5 Å². The van der Waals surface area contributed by atoms with Crippen molar-refractivity contribution in [2.75, 3.05) is 20.1 Å². The first-order chi connectivity index (χ1) is 20.2. The third kappa shape index (κ3) is 3.81. The largest absolute Gasteiger partial charge is 0.341 e. The Kier molecular flexibility index (Phi) is 5.55. The van der Waals surface area contributed by atoms with Crippen LogP contribution in [0.4, 0.5) is 0 Å². The molecule has 0 aliphatic carbocycles. The number of aromatic amines is 2. The fourth-order valence-corrected chi connectivity index (χ4v) is 8.93. The maximum atomic E-state index is 4.92. The Balaban J connectivity index is 1.10. The molecule has 4 N–H and O–H groups in total.